The second kappa shape index (κ2) is 8.37. The first-order chi connectivity index (χ1) is 15.3. The first-order valence-electron chi connectivity index (χ1n) is 10.3. The molecule has 2 N–H and O–H groups in total. The lowest BCUT2D eigenvalue weighted by Gasteiger charge is -2.16. The molecule has 1 aliphatic heterocycles. The summed E-state index contributed by atoms with van der Waals surface area (Å²) >= 11 is 0. The summed E-state index contributed by atoms with van der Waals surface area (Å²) in [6.07, 6.45) is 0.589. The molecule has 0 spiro atoms. The van der Waals surface area contributed by atoms with Crippen molar-refractivity contribution in [3.63, 3.8) is 0 Å². The highest BCUT2D eigenvalue weighted by Crippen LogP contribution is 2.26. The Hall–Kier alpha value is -3.82. The maximum absolute atomic E-state index is 13.2. The lowest BCUT2D eigenvalue weighted by Crippen LogP contribution is -2.29. The van der Waals surface area contributed by atoms with Gasteiger partial charge in [0.2, 0.25) is 17.8 Å². The molecule has 10 heteroatoms. The smallest absolute Gasteiger partial charge is 0.255 e. The Bertz CT molecular complexity index is 1250. The number of nitrogens with zero attached hydrogens (tertiary/aromatic N) is 4. The van der Waals surface area contributed by atoms with Crippen molar-refractivity contribution in [3.05, 3.63) is 63.5 Å². The van der Waals surface area contributed by atoms with Gasteiger partial charge in [0.25, 0.3) is 5.56 Å². The number of aryl methyl sites for hydroxylation is 2. The van der Waals surface area contributed by atoms with Crippen LogP contribution in [-0.2, 0) is 16.0 Å². The molecule has 166 valence electrons. The molecule has 3 heterocycles. The number of aromatic amines is 1. The molecule has 1 saturated heterocycles. The van der Waals surface area contributed by atoms with Gasteiger partial charge in [0, 0.05) is 36.0 Å². The van der Waals surface area contributed by atoms with E-state index in [-0.39, 0.29) is 36.3 Å². The zero-order valence-electron chi connectivity index (χ0n) is 18.0. The topological polar surface area (TPSA) is 113 Å². The van der Waals surface area contributed by atoms with Gasteiger partial charge in [0.05, 0.1) is 11.6 Å². The monoisotopic (exact) mass is 438 g/mol. The lowest BCUT2D eigenvalue weighted by atomic mass is 10.1. The van der Waals surface area contributed by atoms with Crippen LogP contribution in [0.1, 0.15) is 30.3 Å². The third kappa shape index (κ3) is 4.03. The van der Waals surface area contributed by atoms with Crippen LogP contribution in [0.4, 0.5) is 15.9 Å². The molecule has 0 unspecified atom stereocenters. The van der Waals surface area contributed by atoms with Gasteiger partial charge in [-0.2, -0.15) is 9.78 Å². The van der Waals surface area contributed by atoms with Crippen molar-refractivity contribution in [2.75, 3.05) is 16.8 Å². The van der Waals surface area contributed by atoms with Gasteiger partial charge in [-0.15, -0.1) is 0 Å². The zero-order valence-corrected chi connectivity index (χ0v) is 18.0. The Morgan fingerprint density at radius 1 is 1.25 bits per heavy atom. The largest absolute Gasteiger partial charge is 0.312 e. The van der Waals surface area contributed by atoms with Crippen molar-refractivity contribution in [1.82, 2.24) is 19.7 Å². The van der Waals surface area contributed by atoms with E-state index in [0.29, 0.717) is 34.9 Å². The fourth-order valence-corrected chi connectivity index (χ4v) is 3.84. The predicted molar refractivity (Wildman–Crippen MR) is 116 cm³/mol. The molecule has 1 aliphatic rings. The number of H-pyrrole nitrogens is 1. The van der Waals surface area contributed by atoms with Crippen LogP contribution in [0.3, 0.4) is 0 Å². The Kier molecular flexibility index (Phi) is 5.60. The number of rotatable bonds is 5. The molecule has 0 aliphatic carbocycles. The van der Waals surface area contributed by atoms with E-state index >= 15 is 0 Å². The fraction of sp³-hybridized carbons (Fsp3) is 0.318. The molecule has 0 radical (unpaired) electrons. The second-order valence-electron chi connectivity index (χ2n) is 7.76. The van der Waals surface area contributed by atoms with Gasteiger partial charge >= 0.3 is 0 Å². The maximum atomic E-state index is 13.2. The van der Waals surface area contributed by atoms with Crippen LogP contribution in [0, 0.1) is 25.6 Å². The highest BCUT2D eigenvalue weighted by Gasteiger charge is 2.35. The van der Waals surface area contributed by atoms with Gasteiger partial charge < -0.3 is 10.2 Å². The molecule has 2 aromatic heterocycles. The Morgan fingerprint density at radius 2 is 1.97 bits per heavy atom. The van der Waals surface area contributed by atoms with Crippen molar-refractivity contribution < 1.29 is 14.0 Å². The molecule has 32 heavy (non-hydrogen) atoms. The van der Waals surface area contributed by atoms with E-state index in [4.69, 9.17) is 0 Å². The minimum atomic E-state index is -0.590. The van der Waals surface area contributed by atoms with E-state index in [1.807, 2.05) is 6.92 Å². The zero-order chi connectivity index (χ0) is 23.0. The SMILES string of the molecule is CCc1c(C)nc(-n2nc(C)cc2NC(=O)[C@H]2CC(=O)N(c3ccc(F)cc3)C2)[nH]c1=O. The molecule has 3 aromatic rings. The molecule has 9 nitrogen and oxygen atoms in total. The highest BCUT2D eigenvalue weighted by atomic mass is 19.1. The summed E-state index contributed by atoms with van der Waals surface area (Å²) in [5.41, 5.74) is 2.09. The summed E-state index contributed by atoms with van der Waals surface area (Å²) in [5.74, 6) is -1.01. The highest BCUT2D eigenvalue weighted by molar-refractivity contribution is 6.03. The number of aromatic nitrogens is 4. The van der Waals surface area contributed by atoms with Crippen LogP contribution < -0.4 is 15.8 Å². The number of nitrogens with one attached hydrogen (secondary N) is 2. The predicted octanol–water partition coefficient (Wildman–Crippen LogP) is 2.27. The van der Waals surface area contributed by atoms with Crippen LogP contribution >= 0.6 is 0 Å². The number of halogens is 1. The van der Waals surface area contributed by atoms with Crippen molar-refractivity contribution in [2.45, 2.75) is 33.6 Å². The molecular weight excluding hydrogens is 415 g/mol. The number of benzene rings is 1. The Labute approximate surface area is 183 Å². The summed E-state index contributed by atoms with van der Waals surface area (Å²) in [5, 5.41) is 7.14. The number of carbonyl (C=O) groups excluding carboxylic acids is 2. The first-order valence-corrected chi connectivity index (χ1v) is 10.3. The van der Waals surface area contributed by atoms with E-state index < -0.39 is 11.7 Å². The molecule has 1 aromatic carbocycles. The summed E-state index contributed by atoms with van der Waals surface area (Å²) in [7, 11) is 0. The van der Waals surface area contributed by atoms with Crippen molar-refractivity contribution in [1.29, 1.82) is 0 Å². The van der Waals surface area contributed by atoms with Gasteiger partial charge in [0.15, 0.2) is 0 Å². The number of amides is 2. The van der Waals surface area contributed by atoms with Crippen LogP contribution in [0.5, 0.6) is 0 Å². The molecule has 0 saturated carbocycles. The van der Waals surface area contributed by atoms with Crippen molar-refractivity contribution in [2.24, 2.45) is 5.92 Å². The van der Waals surface area contributed by atoms with Crippen LogP contribution in [0.15, 0.2) is 35.1 Å². The third-order valence-corrected chi connectivity index (χ3v) is 5.48. The van der Waals surface area contributed by atoms with Gasteiger partial charge in [-0.1, -0.05) is 6.92 Å². The van der Waals surface area contributed by atoms with E-state index in [9.17, 15) is 18.8 Å². The Morgan fingerprint density at radius 3 is 2.62 bits per heavy atom. The molecule has 0 bridgehead atoms. The maximum Gasteiger partial charge on any atom is 0.255 e. The van der Waals surface area contributed by atoms with Crippen LogP contribution in [-0.4, -0.2) is 38.1 Å². The van der Waals surface area contributed by atoms with Crippen LogP contribution in [0.2, 0.25) is 0 Å². The summed E-state index contributed by atoms with van der Waals surface area (Å²) < 4.78 is 14.6. The minimum absolute atomic E-state index is 0.0374. The molecule has 2 amide bonds. The molecule has 1 fully saturated rings. The average Bonchev–Trinajstić information content (AvgIpc) is 3.31. The normalized spacial score (nSPS) is 15.9. The van der Waals surface area contributed by atoms with Gasteiger partial charge in [0.1, 0.15) is 11.6 Å². The average molecular weight is 438 g/mol. The number of carbonyl (C=O) groups is 2. The van der Waals surface area contributed by atoms with Crippen LogP contribution in [0.25, 0.3) is 5.95 Å². The van der Waals surface area contributed by atoms with Crippen molar-refractivity contribution >= 4 is 23.3 Å². The van der Waals surface area contributed by atoms with Crippen molar-refractivity contribution in [3.8, 4) is 5.95 Å². The van der Waals surface area contributed by atoms with E-state index in [0.717, 1.165) is 0 Å². The third-order valence-electron chi connectivity index (χ3n) is 5.48. The van der Waals surface area contributed by atoms with E-state index in [2.05, 4.69) is 20.4 Å². The number of hydrogen-bond acceptors (Lipinski definition) is 5. The summed E-state index contributed by atoms with van der Waals surface area (Å²) in [6.45, 7) is 5.57. The number of hydrogen-bond donors (Lipinski definition) is 2. The minimum Gasteiger partial charge on any atom is -0.312 e. The van der Waals surface area contributed by atoms with E-state index in [1.54, 1.807) is 19.9 Å². The standard InChI is InChI=1S/C22H23FN6O3/c1-4-17-13(3)24-22(26-21(17)32)29-18(9-12(2)27-29)25-20(31)14-10-19(30)28(11-14)16-7-5-15(23)6-8-16/h5-9,14H,4,10-11H2,1-3H3,(H,25,31)(H,24,26,32)/t14-/m0/s1. The first kappa shape index (κ1) is 21.4. The summed E-state index contributed by atoms with van der Waals surface area (Å²) in [6, 6.07) is 7.23. The number of anilines is 2. The molecule has 4 rings (SSSR count). The van der Waals surface area contributed by atoms with Gasteiger partial charge in [-0.25, -0.2) is 9.37 Å². The molecule has 1 atom stereocenters. The second-order valence-corrected chi connectivity index (χ2v) is 7.76. The van der Waals surface area contributed by atoms with Gasteiger partial charge in [-0.3, -0.25) is 19.4 Å². The lowest BCUT2D eigenvalue weighted by molar-refractivity contribution is -0.122. The van der Waals surface area contributed by atoms with Gasteiger partial charge in [-0.05, 0) is 44.5 Å². The molecular formula is C22H23FN6O3. The fourth-order valence-electron chi connectivity index (χ4n) is 3.84. The van der Waals surface area contributed by atoms with E-state index in [1.165, 1.54) is 33.8 Å². The summed E-state index contributed by atoms with van der Waals surface area (Å²) in [4.78, 5) is 46.3. The Balaban J connectivity index is 1.56. The quantitative estimate of drug-likeness (QED) is 0.635.